The molecule has 0 aromatic carbocycles. The van der Waals surface area contributed by atoms with Crippen molar-refractivity contribution in [3.63, 3.8) is 0 Å². The van der Waals surface area contributed by atoms with Crippen molar-refractivity contribution in [3.8, 4) is 0 Å². The maximum absolute atomic E-state index is 6.47. The van der Waals surface area contributed by atoms with E-state index < -0.39 is 8.32 Å². The van der Waals surface area contributed by atoms with Gasteiger partial charge in [-0.25, -0.2) is 9.50 Å². The molecule has 7 heteroatoms. The van der Waals surface area contributed by atoms with E-state index in [1.54, 1.807) is 6.33 Å². The molecule has 146 valence electrons. The second-order valence-corrected chi connectivity index (χ2v) is 14.4. The summed E-state index contributed by atoms with van der Waals surface area (Å²) in [7, 11) is -1.65. The first-order chi connectivity index (χ1) is 12.8. The molecule has 1 aliphatic rings. The average molecular weight is 386 g/mol. The van der Waals surface area contributed by atoms with Crippen molar-refractivity contribution < 1.29 is 4.43 Å². The van der Waals surface area contributed by atoms with Crippen LogP contribution in [0.15, 0.2) is 18.6 Å². The maximum Gasteiger partial charge on any atom is 0.191 e. The third-order valence-electron chi connectivity index (χ3n) is 6.72. The minimum Gasteiger partial charge on any atom is -0.417 e. The number of nitrogens with one attached hydrogen (secondary N) is 1. The van der Waals surface area contributed by atoms with Gasteiger partial charge in [0.1, 0.15) is 17.5 Å². The molecule has 0 amide bonds. The first kappa shape index (κ1) is 18.6. The average Bonchev–Trinajstić information content (AvgIpc) is 3.25. The summed E-state index contributed by atoms with van der Waals surface area (Å²) in [6.45, 7) is 12.5. The Labute approximate surface area is 161 Å². The number of nitrogens with zero attached hydrogens (tertiary/aromatic N) is 4. The number of fused-ring (bicyclic) bond motifs is 3. The summed E-state index contributed by atoms with van der Waals surface area (Å²) in [5, 5.41) is 10.2. The molecule has 0 atom stereocenters. The van der Waals surface area contributed by atoms with Crippen LogP contribution in [0.4, 0.5) is 0 Å². The summed E-state index contributed by atoms with van der Waals surface area (Å²) in [5.74, 6) is 1.15. The molecule has 0 unspecified atom stereocenters. The second kappa shape index (κ2) is 6.70. The van der Waals surface area contributed by atoms with E-state index in [2.05, 4.69) is 60.2 Å². The molecular weight excluding hydrogens is 354 g/mol. The molecule has 3 heterocycles. The fourth-order valence-corrected chi connectivity index (χ4v) is 4.92. The number of rotatable bonds is 4. The van der Waals surface area contributed by atoms with Gasteiger partial charge in [-0.15, -0.1) is 5.10 Å². The minimum absolute atomic E-state index is 0.279. The van der Waals surface area contributed by atoms with Crippen LogP contribution in [0.1, 0.15) is 58.1 Å². The van der Waals surface area contributed by atoms with E-state index >= 15 is 0 Å². The molecule has 1 N–H and O–H groups in total. The van der Waals surface area contributed by atoms with E-state index in [0.717, 1.165) is 41.7 Å². The molecule has 0 spiro atoms. The van der Waals surface area contributed by atoms with Crippen LogP contribution in [0.25, 0.3) is 16.6 Å². The van der Waals surface area contributed by atoms with Crippen LogP contribution in [-0.2, 0) is 4.43 Å². The Morgan fingerprint density at radius 1 is 1.22 bits per heavy atom. The number of H-pyrrole nitrogens is 1. The van der Waals surface area contributed by atoms with Gasteiger partial charge in [0.15, 0.2) is 8.32 Å². The maximum atomic E-state index is 6.47. The van der Waals surface area contributed by atoms with E-state index in [-0.39, 0.29) is 5.04 Å². The van der Waals surface area contributed by atoms with Gasteiger partial charge >= 0.3 is 0 Å². The highest BCUT2D eigenvalue weighted by atomic mass is 28.4. The molecule has 0 radical (unpaired) electrons. The highest BCUT2D eigenvalue weighted by Crippen LogP contribution is 2.40. The lowest BCUT2D eigenvalue weighted by Crippen LogP contribution is -2.42. The molecular formula is C20H31N5OSi. The first-order valence-corrected chi connectivity index (χ1v) is 13.0. The van der Waals surface area contributed by atoms with Gasteiger partial charge in [-0.3, -0.25) is 0 Å². The molecule has 1 aliphatic carbocycles. The van der Waals surface area contributed by atoms with Crippen LogP contribution < -0.4 is 0 Å². The molecule has 1 fully saturated rings. The predicted octanol–water partition coefficient (Wildman–Crippen LogP) is 4.90. The van der Waals surface area contributed by atoms with Crippen LogP contribution >= 0.6 is 0 Å². The Morgan fingerprint density at radius 2 is 1.96 bits per heavy atom. The fraction of sp³-hybridized carbons (Fsp3) is 0.650. The Morgan fingerprint density at radius 3 is 2.67 bits per heavy atom. The number of hydrogen-bond acceptors (Lipinski definition) is 4. The standard InChI is InChI=1S/C20H31N5OSi/c1-20(2,3)27(4,5)26-12-14-6-8-15(9-7-14)17-18-16-10-11-21-19(16)22-13-25(18)24-23-17/h10-11,13-15,21H,6-9,12H2,1-5H3/t14-,15+. The van der Waals surface area contributed by atoms with Gasteiger partial charge in [0.05, 0.1) is 5.69 Å². The second-order valence-electron chi connectivity index (χ2n) is 9.54. The Hall–Kier alpha value is -1.73. The third kappa shape index (κ3) is 3.43. The van der Waals surface area contributed by atoms with Crippen molar-refractivity contribution in [3.05, 3.63) is 24.3 Å². The van der Waals surface area contributed by atoms with Crippen molar-refractivity contribution in [2.45, 2.75) is 70.5 Å². The molecule has 0 saturated heterocycles. The lowest BCUT2D eigenvalue weighted by molar-refractivity contribution is 0.185. The van der Waals surface area contributed by atoms with Gasteiger partial charge in [-0.2, -0.15) is 0 Å². The smallest absolute Gasteiger partial charge is 0.191 e. The topological polar surface area (TPSA) is 68.1 Å². The highest BCUT2D eigenvalue weighted by Gasteiger charge is 2.38. The molecule has 1 saturated carbocycles. The van der Waals surface area contributed by atoms with Gasteiger partial charge < -0.3 is 9.41 Å². The van der Waals surface area contributed by atoms with Crippen LogP contribution in [-0.4, -0.2) is 39.7 Å². The van der Waals surface area contributed by atoms with Crippen LogP contribution in [0.3, 0.4) is 0 Å². The highest BCUT2D eigenvalue weighted by molar-refractivity contribution is 6.74. The summed E-state index contributed by atoms with van der Waals surface area (Å²) < 4.78 is 8.29. The van der Waals surface area contributed by atoms with E-state index in [0.29, 0.717) is 11.8 Å². The van der Waals surface area contributed by atoms with Crippen LogP contribution in [0, 0.1) is 5.92 Å². The van der Waals surface area contributed by atoms with Crippen molar-refractivity contribution >= 4 is 24.9 Å². The van der Waals surface area contributed by atoms with Crippen LogP contribution in [0.5, 0.6) is 0 Å². The Kier molecular flexibility index (Phi) is 4.62. The SMILES string of the molecule is CC(C)(C)[Si](C)(C)OC[C@H]1CC[C@@H](c2nnn3cnc4[nH]ccc4c23)CC1. The zero-order chi connectivity index (χ0) is 19.2. The van der Waals surface area contributed by atoms with Crippen molar-refractivity contribution in [1.82, 2.24) is 24.8 Å². The Bertz CT molecular complexity index is 931. The lowest BCUT2D eigenvalue weighted by atomic mass is 9.80. The van der Waals surface area contributed by atoms with Gasteiger partial charge in [0, 0.05) is 24.1 Å². The first-order valence-electron chi connectivity index (χ1n) is 10.1. The van der Waals surface area contributed by atoms with Gasteiger partial charge in [-0.1, -0.05) is 26.0 Å². The summed E-state index contributed by atoms with van der Waals surface area (Å²) in [4.78, 5) is 7.59. The fourth-order valence-electron chi connectivity index (χ4n) is 3.84. The van der Waals surface area contributed by atoms with Crippen LogP contribution in [0.2, 0.25) is 18.1 Å². The van der Waals surface area contributed by atoms with Gasteiger partial charge in [0.2, 0.25) is 0 Å². The van der Waals surface area contributed by atoms with Crippen molar-refractivity contribution in [1.29, 1.82) is 0 Å². The molecule has 27 heavy (non-hydrogen) atoms. The van der Waals surface area contributed by atoms with Crippen molar-refractivity contribution in [2.24, 2.45) is 5.92 Å². The zero-order valence-corrected chi connectivity index (χ0v) is 18.1. The summed E-state index contributed by atoms with van der Waals surface area (Å²) >= 11 is 0. The van der Waals surface area contributed by atoms with Gasteiger partial charge in [-0.05, 0) is 55.8 Å². The summed E-state index contributed by atoms with van der Waals surface area (Å²) in [6.07, 6.45) is 8.43. The quantitative estimate of drug-likeness (QED) is 0.649. The van der Waals surface area contributed by atoms with E-state index in [1.807, 2.05) is 10.7 Å². The van der Waals surface area contributed by atoms with E-state index in [4.69, 9.17) is 4.43 Å². The lowest BCUT2D eigenvalue weighted by Gasteiger charge is -2.38. The molecule has 6 nitrogen and oxygen atoms in total. The zero-order valence-electron chi connectivity index (χ0n) is 17.1. The largest absolute Gasteiger partial charge is 0.417 e. The monoisotopic (exact) mass is 385 g/mol. The van der Waals surface area contributed by atoms with E-state index in [1.165, 1.54) is 12.8 Å². The van der Waals surface area contributed by atoms with Gasteiger partial charge in [0.25, 0.3) is 0 Å². The summed E-state index contributed by atoms with van der Waals surface area (Å²) in [5.41, 5.74) is 3.15. The van der Waals surface area contributed by atoms with E-state index in [9.17, 15) is 0 Å². The summed E-state index contributed by atoms with van der Waals surface area (Å²) in [6, 6.07) is 2.07. The molecule has 0 bridgehead atoms. The van der Waals surface area contributed by atoms with Crippen molar-refractivity contribution in [2.75, 3.05) is 6.61 Å². The number of aromatic nitrogens is 5. The molecule has 3 aromatic heterocycles. The predicted molar refractivity (Wildman–Crippen MR) is 110 cm³/mol. The molecule has 0 aliphatic heterocycles. The molecule has 3 aromatic rings. The normalized spacial score (nSPS) is 22.0. The number of hydrogen-bond donors (Lipinski definition) is 1. The number of aromatic amines is 1. The minimum atomic E-state index is -1.65. The molecule has 4 rings (SSSR count). The Balaban J connectivity index is 1.44. The third-order valence-corrected chi connectivity index (χ3v) is 11.2.